The zero-order valence-corrected chi connectivity index (χ0v) is 13.2. The molecule has 2 N–H and O–H groups in total. The van der Waals surface area contributed by atoms with Gasteiger partial charge >= 0.3 is 6.09 Å². The largest absolute Gasteiger partial charge is 0.444 e. The first kappa shape index (κ1) is 16.0. The van der Waals surface area contributed by atoms with Crippen molar-refractivity contribution in [2.45, 2.75) is 19.4 Å². The van der Waals surface area contributed by atoms with Crippen LogP contribution in [0.5, 0.6) is 0 Å². The van der Waals surface area contributed by atoms with E-state index < -0.39 is 17.8 Å². The first-order valence-corrected chi connectivity index (χ1v) is 7.67. The number of amides is 2. The van der Waals surface area contributed by atoms with Crippen LogP contribution < -0.4 is 10.6 Å². The third kappa shape index (κ3) is 2.95. The normalized spacial score (nSPS) is 17.0. The monoisotopic (exact) mass is 328 g/mol. The Morgan fingerprint density at radius 2 is 2.12 bits per heavy atom. The van der Waals surface area contributed by atoms with E-state index in [1.165, 1.54) is 17.0 Å². The fourth-order valence-electron chi connectivity index (χ4n) is 2.69. The van der Waals surface area contributed by atoms with Crippen molar-refractivity contribution in [3.63, 3.8) is 0 Å². The van der Waals surface area contributed by atoms with E-state index in [9.17, 15) is 14.0 Å². The molecule has 1 unspecified atom stereocenters. The van der Waals surface area contributed by atoms with E-state index in [1.54, 1.807) is 30.3 Å². The summed E-state index contributed by atoms with van der Waals surface area (Å²) < 4.78 is 19.7. The van der Waals surface area contributed by atoms with Crippen molar-refractivity contribution in [2.24, 2.45) is 5.73 Å². The average molecular weight is 328 g/mol. The van der Waals surface area contributed by atoms with Crippen molar-refractivity contribution in [3.05, 3.63) is 53.8 Å². The lowest BCUT2D eigenvalue weighted by atomic mass is 10.0. The van der Waals surface area contributed by atoms with Crippen LogP contribution in [0, 0.1) is 5.82 Å². The van der Waals surface area contributed by atoms with Crippen LogP contribution in [0.4, 0.5) is 14.9 Å². The maximum atomic E-state index is 14.5. The minimum atomic E-state index is -0.570. The van der Waals surface area contributed by atoms with Gasteiger partial charge in [-0.15, -0.1) is 0 Å². The Morgan fingerprint density at radius 1 is 1.33 bits per heavy atom. The maximum absolute atomic E-state index is 14.5. The van der Waals surface area contributed by atoms with Gasteiger partial charge < -0.3 is 10.5 Å². The summed E-state index contributed by atoms with van der Waals surface area (Å²) >= 11 is 0. The van der Waals surface area contributed by atoms with Gasteiger partial charge in [0.1, 0.15) is 11.9 Å². The van der Waals surface area contributed by atoms with Crippen LogP contribution in [-0.2, 0) is 4.74 Å². The molecule has 6 heteroatoms. The van der Waals surface area contributed by atoms with Gasteiger partial charge in [0.15, 0.2) is 0 Å². The summed E-state index contributed by atoms with van der Waals surface area (Å²) in [5.74, 6) is -1.05. The first-order chi connectivity index (χ1) is 11.5. The number of halogens is 1. The molecule has 1 saturated heterocycles. The van der Waals surface area contributed by atoms with E-state index in [0.717, 1.165) is 0 Å². The molecule has 24 heavy (non-hydrogen) atoms. The molecule has 1 heterocycles. The van der Waals surface area contributed by atoms with Gasteiger partial charge in [-0.2, -0.15) is 0 Å². The molecule has 0 aliphatic carbocycles. The average Bonchev–Trinajstić information content (AvgIpc) is 2.96. The smallest absolute Gasteiger partial charge is 0.414 e. The molecule has 1 atom stereocenters. The van der Waals surface area contributed by atoms with Crippen LogP contribution in [0.25, 0.3) is 11.1 Å². The standard InChI is InChI=1S/C18H17FN2O3/c1-2-14-10-21(18(23)24-14)13-6-7-15(16(19)9-13)11-4-3-5-12(8-11)17(20)22/h3-9,14H,2,10H2,1H3,(H2,20,22). The first-order valence-electron chi connectivity index (χ1n) is 7.67. The van der Waals surface area contributed by atoms with Crippen LogP contribution in [0.3, 0.4) is 0 Å². The quantitative estimate of drug-likeness (QED) is 0.935. The molecular formula is C18H17FN2O3. The van der Waals surface area contributed by atoms with E-state index in [0.29, 0.717) is 35.3 Å². The fraction of sp³-hybridized carbons (Fsp3) is 0.222. The molecule has 0 bridgehead atoms. The molecule has 0 saturated carbocycles. The third-order valence-corrected chi connectivity index (χ3v) is 4.05. The van der Waals surface area contributed by atoms with Gasteiger partial charge in [-0.25, -0.2) is 9.18 Å². The van der Waals surface area contributed by atoms with Crippen molar-refractivity contribution in [1.29, 1.82) is 0 Å². The number of carbonyl (C=O) groups is 2. The highest BCUT2D eigenvalue weighted by Gasteiger charge is 2.31. The predicted molar refractivity (Wildman–Crippen MR) is 88.3 cm³/mol. The van der Waals surface area contributed by atoms with Crippen molar-refractivity contribution in [2.75, 3.05) is 11.4 Å². The number of hydrogen-bond acceptors (Lipinski definition) is 3. The molecule has 0 radical (unpaired) electrons. The maximum Gasteiger partial charge on any atom is 0.414 e. The van der Waals surface area contributed by atoms with E-state index in [2.05, 4.69) is 0 Å². The summed E-state index contributed by atoms with van der Waals surface area (Å²) in [7, 11) is 0. The van der Waals surface area contributed by atoms with Crippen LogP contribution >= 0.6 is 0 Å². The zero-order chi connectivity index (χ0) is 17.3. The lowest BCUT2D eigenvalue weighted by Gasteiger charge is -2.14. The number of carbonyl (C=O) groups excluding carboxylic acids is 2. The number of rotatable bonds is 4. The van der Waals surface area contributed by atoms with Crippen molar-refractivity contribution < 1.29 is 18.7 Å². The molecule has 5 nitrogen and oxygen atoms in total. The van der Waals surface area contributed by atoms with Gasteiger partial charge in [0.2, 0.25) is 5.91 Å². The highest BCUT2D eigenvalue weighted by atomic mass is 19.1. The molecule has 3 rings (SSSR count). The van der Waals surface area contributed by atoms with Gasteiger partial charge in [-0.05, 0) is 42.3 Å². The van der Waals surface area contributed by atoms with Gasteiger partial charge in [-0.3, -0.25) is 9.69 Å². The van der Waals surface area contributed by atoms with Crippen LogP contribution in [0.2, 0.25) is 0 Å². The lowest BCUT2D eigenvalue weighted by molar-refractivity contribution is 0.1000. The number of nitrogens with two attached hydrogens (primary N) is 1. The van der Waals surface area contributed by atoms with Gasteiger partial charge in [0.05, 0.1) is 12.2 Å². The minimum absolute atomic E-state index is 0.174. The Balaban J connectivity index is 1.92. The van der Waals surface area contributed by atoms with Crippen LogP contribution in [0.1, 0.15) is 23.7 Å². The fourth-order valence-corrected chi connectivity index (χ4v) is 2.69. The summed E-state index contributed by atoms with van der Waals surface area (Å²) in [6.45, 7) is 2.34. The third-order valence-electron chi connectivity index (χ3n) is 4.05. The van der Waals surface area contributed by atoms with Crippen molar-refractivity contribution in [3.8, 4) is 11.1 Å². The summed E-state index contributed by atoms with van der Waals surface area (Å²) in [6.07, 6.45) is 0.0696. The molecule has 0 aromatic heterocycles. The predicted octanol–water partition coefficient (Wildman–Crippen LogP) is 3.33. The number of ether oxygens (including phenoxy) is 1. The number of primary amides is 1. The molecular weight excluding hydrogens is 311 g/mol. The molecule has 2 amide bonds. The SMILES string of the molecule is CCC1CN(c2ccc(-c3cccc(C(N)=O)c3)c(F)c2)C(=O)O1. The summed E-state index contributed by atoms with van der Waals surface area (Å²) in [5.41, 5.74) is 6.90. The Morgan fingerprint density at radius 3 is 2.75 bits per heavy atom. The van der Waals surface area contributed by atoms with E-state index in [-0.39, 0.29) is 6.10 Å². The van der Waals surface area contributed by atoms with E-state index in [1.807, 2.05) is 6.92 Å². The topological polar surface area (TPSA) is 72.6 Å². The van der Waals surface area contributed by atoms with Crippen LogP contribution in [-0.4, -0.2) is 24.6 Å². The lowest BCUT2D eigenvalue weighted by Crippen LogP contribution is -2.24. The zero-order valence-electron chi connectivity index (χ0n) is 13.2. The van der Waals surface area contributed by atoms with Gasteiger partial charge in [0.25, 0.3) is 0 Å². The number of benzene rings is 2. The van der Waals surface area contributed by atoms with E-state index in [4.69, 9.17) is 10.5 Å². The molecule has 1 aliphatic rings. The Hall–Kier alpha value is -2.89. The molecule has 2 aromatic rings. The second-order valence-electron chi connectivity index (χ2n) is 5.63. The molecule has 0 spiro atoms. The van der Waals surface area contributed by atoms with Crippen molar-refractivity contribution >= 4 is 17.7 Å². The highest BCUT2D eigenvalue weighted by Crippen LogP contribution is 2.29. The Labute approximate surface area is 138 Å². The second kappa shape index (κ2) is 6.31. The van der Waals surface area contributed by atoms with Crippen molar-refractivity contribution in [1.82, 2.24) is 0 Å². The summed E-state index contributed by atoms with van der Waals surface area (Å²) in [4.78, 5) is 24.5. The number of cyclic esters (lactones) is 1. The second-order valence-corrected chi connectivity index (χ2v) is 5.63. The highest BCUT2D eigenvalue weighted by molar-refractivity contribution is 5.94. The molecule has 2 aromatic carbocycles. The van der Waals surface area contributed by atoms with Crippen LogP contribution in [0.15, 0.2) is 42.5 Å². The summed E-state index contributed by atoms with van der Waals surface area (Å²) in [6, 6.07) is 11.0. The summed E-state index contributed by atoms with van der Waals surface area (Å²) in [5, 5.41) is 0. The number of hydrogen-bond donors (Lipinski definition) is 1. The molecule has 124 valence electrons. The Kier molecular flexibility index (Phi) is 4.20. The number of nitrogens with zero attached hydrogens (tertiary/aromatic N) is 1. The molecule has 1 aliphatic heterocycles. The number of anilines is 1. The Bertz CT molecular complexity index is 807. The van der Waals surface area contributed by atoms with E-state index >= 15 is 0 Å². The molecule has 1 fully saturated rings. The van der Waals surface area contributed by atoms with Gasteiger partial charge in [0, 0.05) is 11.1 Å². The van der Waals surface area contributed by atoms with Gasteiger partial charge in [-0.1, -0.05) is 19.1 Å². The minimum Gasteiger partial charge on any atom is -0.444 e.